The van der Waals surface area contributed by atoms with Gasteiger partial charge in [-0.15, -0.1) is 0 Å². The zero-order chi connectivity index (χ0) is 23.3. The molecule has 3 aromatic rings. The van der Waals surface area contributed by atoms with E-state index in [1.54, 1.807) is 18.3 Å². The Morgan fingerprint density at radius 3 is 2.74 bits per heavy atom. The number of hydrogen-bond acceptors (Lipinski definition) is 4. The van der Waals surface area contributed by atoms with Gasteiger partial charge >= 0.3 is 0 Å². The summed E-state index contributed by atoms with van der Waals surface area (Å²) in [6.45, 7) is 1.40. The van der Waals surface area contributed by atoms with E-state index in [2.05, 4.69) is 4.98 Å². The van der Waals surface area contributed by atoms with Crippen LogP contribution in [0.25, 0.3) is 22.0 Å². The molecule has 3 aliphatic rings. The number of benzene rings is 2. The van der Waals surface area contributed by atoms with Crippen LogP contribution in [0.15, 0.2) is 54.7 Å². The lowest BCUT2D eigenvalue weighted by atomic mass is 9.87. The average Bonchev–Trinajstić information content (AvgIpc) is 3.69. The first-order chi connectivity index (χ1) is 16.5. The van der Waals surface area contributed by atoms with Crippen molar-refractivity contribution in [2.75, 3.05) is 26.2 Å². The molecule has 2 atom stereocenters. The second-order valence-corrected chi connectivity index (χ2v) is 9.78. The molecule has 6 rings (SSSR count). The molecular weight excluding hydrogens is 436 g/mol. The number of morpholine rings is 1. The molecule has 3 fully saturated rings. The van der Waals surface area contributed by atoms with Gasteiger partial charge in [-0.1, -0.05) is 30.3 Å². The highest BCUT2D eigenvalue weighted by atomic mass is 19.1. The van der Waals surface area contributed by atoms with Gasteiger partial charge in [0.15, 0.2) is 0 Å². The van der Waals surface area contributed by atoms with Gasteiger partial charge in [-0.05, 0) is 48.6 Å². The van der Waals surface area contributed by atoms with Crippen molar-refractivity contribution in [3.63, 3.8) is 0 Å². The number of ether oxygens (including phenoxy) is 1. The summed E-state index contributed by atoms with van der Waals surface area (Å²) in [6.07, 6.45) is 3.01. The SMILES string of the molecule is O=C1CO[C@@]2(CCN(Cc3ccc(-c4ccc5cccnc5c4)cc3F)C[C@H]2F)CN1C1CC1. The van der Waals surface area contributed by atoms with Gasteiger partial charge in [0.25, 0.3) is 0 Å². The highest BCUT2D eigenvalue weighted by molar-refractivity contribution is 5.84. The fourth-order valence-corrected chi connectivity index (χ4v) is 5.24. The van der Waals surface area contributed by atoms with Crippen molar-refractivity contribution in [3.05, 3.63) is 66.1 Å². The van der Waals surface area contributed by atoms with E-state index in [1.807, 2.05) is 46.2 Å². The highest BCUT2D eigenvalue weighted by Crippen LogP contribution is 2.38. The largest absolute Gasteiger partial charge is 0.360 e. The molecule has 2 aliphatic heterocycles. The summed E-state index contributed by atoms with van der Waals surface area (Å²) >= 11 is 0. The number of likely N-dealkylation sites (tertiary alicyclic amines) is 1. The molecule has 0 N–H and O–H groups in total. The molecule has 1 aromatic heterocycles. The van der Waals surface area contributed by atoms with Crippen molar-refractivity contribution >= 4 is 16.8 Å². The van der Waals surface area contributed by atoms with Crippen molar-refractivity contribution in [1.29, 1.82) is 0 Å². The standard InChI is InChI=1S/C27H27F2N3O2/c28-23-12-19(20-4-3-18-2-1-10-30-24(18)13-20)5-6-21(23)14-31-11-9-27(25(29)15-31)17-32(22-7-8-22)26(33)16-34-27/h1-6,10,12-13,22,25H,7-9,11,14-17H2/t25-,27+/m1/s1. The van der Waals surface area contributed by atoms with Gasteiger partial charge in [0.2, 0.25) is 5.91 Å². The Hall–Kier alpha value is -2.90. The summed E-state index contributed by atoms with van der Waals surface area (Å²) in [6, 6.07) is 15.3. The predicted molar refractivity (Wildman–Crippen MR) is 125 cm³/mol. The maximum absolute atomic E-state index is 15.4. The maximum atomic E-state index is 15.4. The number of rotatable bonds is 4. The van der Waals surface area contributed by atoms with Crippen LogP contribution in [-0.4, -0.2) is 64.7 Å². The first-order valence-electron chi connectivity index (χ1n) is 11.9. The number of fused-ring (bicyclic) bond motifs is 1. The molecule has 176 valence electrons. The minimum atomic E-state index is -1.22. The molecule has 2 aromatic carbocycles. The Balaban J connectivity index is 1.14. The van der Waals surface area contributed by atoms with Crippen LogP contribution in [0, 0.1) is 5.82 Å². The predicted octanol–water partition coefficient (Wildman–Crippen LogP) is 4.34. The number of amides is 1. The molecule has 0 radical (unpaired) electrons. The van der Waals surface area contributed by atoms with Crippen LogP contribution >= 0.6 is 0 Å². The zero-order valence-corrected chi connectivity index (χ0v) is 18.9. The van der Waals surface area contributed by atoms with Crippen molar-refractivity contribution in [2.24, 2.45) is 0 Å². The normalized spacial score (nSPS) is 25.9. The lowest BCUT2D eigenvalue weighted by Gasteiger charge is -2.49. The molecule has 1 amide bonds. The maximum Gasteiger partial charge on any atom is 0.248 e. The Morgan fingerprint density at radius 1 is 1.12 bits per heavy atom. The van der Waals surface area contributed by atoms with E-state index >= 15 is 8.78 Å². The number of hydrogen-bond donors (Lipinski definition) is 0. The molecule has 5 nitrogen and oxygen atoms in total. The van der Waals surface area contributed by atoms with Crippen LogP contribution in [0.5, 0.6) is 0 Å². The highest BCUT2D eigenvalue weighted by Gasteiger charge is 2.51. The fourth-order valence-electron chi connectivity index (χ4n) is 5.24. The number of piperidine rings is 1. The van der Waals surface area contributed by atoms with Gasteiger partial charge in [0.1, 0.15) is 24.2 Å². The monoisotopic (exact) mass is 463 g/mol. The summed E-state index contributed by atoms with van der Waals surface area (Å²) in [5.74, 6) is -0.333. The summed E-state index contributed by atoms with van der Waals surface area (Å²) in [4.78, 5) is 20.3. The molecule has 7 heteroatoms. The molecule has 0 bridgehead atoms. The van der Waals surface area contributed by atoms with E-state index in [0.29, 0.717) is 31.6 Å². The molecule has 34 heavy (non-hydrogen) atoms. The van der Waals surface area contributed by atoms with Crippen LogP contribution in [0.4, 0.5) is 8.78 Å². The Bertz CT molecular complexity index is 1250. The van der Waals surface area contributed by atoms with E-state index in [-0.39, 0.29) is 30.9 Å². The molecule has 1 aliphatic carbocycles. The molecular formula is C27H27F2N3O2. The summed E-state index contributed by atoms with van der Waals surface area (Å²) in [7, 11) is 0. The number of halogens is 2. The number of aromatic nitrogens is 1. The van der Waals surface area contributed by atoms with E-state index in [4.69, 9.17) is 4.74 Å². The zero-order valence-electron chi connectivity index (χ0n) is 18.9. The number of pyridine rings is 1. The van der Waals surface area contributed by atoms with Crippen LogP contribution in [0.3, 0.4) is 0 Å². The van der Waals surface area contributed by atoms with Crippen molar-refractivity contribution in [2.45, 2.75) is 43.6 Å². The molecule has 0 unspecified atom stereocenters. The van der Waals surface area contributed by atoms with Gasteiger partial charge < -0.3 is 9.64 Å². The third-order valence-electron chi connectivity index (χ3n) is 7.46. The van der Waals surface area contributed by atoms with E-state index in [9.17, 15) is 4.79 Å². The second-order valence-electron chi connectivity index (χ2n) is 9.78. The van der Waals surface area contributed by atoms with E-state index in [0.717, 1.165) is 34.9 Å². The van der Waals surface area contributed by atoms with Gasteiger partial charge in [0.05, 0.1) is 12.1 Å². The van der Waals surface area contributed by atoms with Gasteiger partial charge in [-0.2, -0.15) is 0 Å². The van der Waals surface area contributed by atoms with Crippen molar-refractivity contribution < 1.29 is 18.3 Å². The number of carbonyl (C=O) groups excluding carboxylic acids is 1. The quantitative estimate of drug-likeness (QED) is 0.577. The van der Waals surface area contributed by atoms with Gasteiger partial charge in [-0.25, -0.2) is 8.78 Å². The molecule has 3 heterocycles. The van der Waals surface area contributed by atoms with Crippen LogP contribution in [0.1, 0.15) is 24.8 Å². The molecule has 1 spiro atoms. The average molecular weight is 464 g/mol. The fraction of sp³-hybridized carbons (Fsp3) is 0.407. The Kier molecular flexibility index (Phi) is 5.34. The molecule has 2 saturated heterocycles. The Morgan fingerprint density at radius 2 is 1.94 bits per heavy atom. The van der Waals surface area contributed by atoms with Crippen LogP contribution < -0.4 is 0 Å². The number of nitrogens with zero attached hydrogens (tertiary/aromatic N) is 3. The van der Waals surface area contributed by atoms with Gasteiger partial charge in [-0.3, -0.25) is 14.7 Å². The third kappa shape index (κ3) is 3.97. The van der Waals surface area contributed by atoms with E-state index < -0.39 is 11.8 Å². The number of carbonyl (C=O) groups is 1. The van der Waals surface area contributed by atoms with Gasteiger partial charge in [0, 0.05) is 42.8 Å². The number of alkyl halides is 1. The lowest BCUT2D eigenvalue weighted by Crippen LogP contribution is -2.64. The minimum Gasteiger partial charge on any atom is -0.360 e. The Labute approximate surface area is 197 Å². The summed E-state index contributed by atoms with van der Waals surface area (Å²) < 4.78 is 36.2. The summed E-state index contributed by atoms with van der Waals surface area (Å²) in [5, 5.41) is 1.04. The molecule has 1 saturated carbocycles. The van der Waals surface area contributed by atoms with Crippen LogP contribution in [-0.2, 0) is 16.1 Å². The first kappa shape index (κ1) is 21.6. The lowest BCUT2D eigenvalue weighted by molar-refractivity contribution is -0.189. The van der Waals surface area contributed by atoms with Crippen LogP contribution in [0.2, 0.25) is 0 Å². The minimum absolute atomic E-state index is 0.0351. The van der Waals surface area contributed by atoms with E-state index in [1.165, 1.54) is 0 Å². The van der Waals surface area contributed by atoms with Crippen molar-refractivity contribution in [3.8, 4) is 11.1 Å². The topological polar surface area (TPSA) is 45.7 Å². The van der Waals surface area contributed by atoms with Crippen molar-refractivity contribution in [1.82, 2.24) is 14.8 Å². The summed E-state index contributed by atoms with van der Waals surface area (Å²) in [5.41, 5.74) is 2.18. The second kappa shape index (κ2) is 8.40. The smallest absolute Gasteiger partial charge is 0.248 e. The first-order valence-corrected chi connectivity index (χ1v) is 11.9. The third-order valence-corrected chi connectivity index (χ3v) is 7.46.